The van der Waals surface area contributed by atoms with Crippen LogP contribution in [0.25, 0.3) is 10.6 Å². The first kappa shape index (κ1) is 16.9. The van der Waals surface area contributed by atoms with Gasteiger partial charge in [0, 0.05) is 27.9 Å². The summed E-state index contributed by atoms with van der Waals surface area (Å²) in [5.74, 6) is -0.565. The van der Waals surface area contributed by atoms with Crippen LogP contribution in [0.1, 0.15) is 16.1 Å². The lowest BCUT2D eigenvalue weighted by Crippen LogP contribution is -2.32. The largest absolute Gasteiger partial charge is 0.343 e. The Morgan fingerprint density at radius 1 is 1.08 bits per heavy atom. The lowest BCUT2D eigenvalue weighted by molar-refractivity contribution is -0.115. The summed E-state index contributed by atoms with van der Waals surface area (Å²) in [6.07, 6.45) is 0. The summed E-state index contributed by atoms with van der Waals surface area (Å²) in [4.78, 5) is 28.6. The van der Waals surface area contributed by atoms with Crippen LogP contribution < -0.4 is 10.6 Å². The smallest absolute Gasteiger partial charge is 0.251 e. The maximum absolute atomic E-state index is 12.3. The van der Waals surface area contributed by atoms with Crippen molar-refractivity contribution in [2.24, 2.45) is 0 Å². The molecule has 2 amide bonds. The lowest BCUT2D eigenvalue weighted by Gasteiger charge is -2.07. The van der Waals surface area contributed by atoms with Crippen LogP contribution >= 0.6 is 11.3 Å². The van der Waals surface area contributed by atoms with Crippen molar-refractivity contribution in [1.29, 1.82) is 0 Å². The third kappa shape index (κ3) is 4.51. The molecule has 0 atom stereocenters. The van der Waals surface area contributed by atoms with Crippen molar-refractivity contribution in [3.8, 4) is 10.6 Å². The van der Waals surface area contributed by atoms with Crippen molar-refractivity contribution in [3.05, 3.63) is 71.2 Å². The quantitative estimate of drug-likeness (QED) is 0.739. The molecule has 0 spiro atoms. The molecule has 0 unspecified atom stereocenters. The topological polar surface area (TPSA) is 71.1 Å². The molecule has 3 aromatic rings. The molecule has 2 N–H and O–H groups in total. The van der Waals surface area contributed by atoms with E-state index in [2.05, 4.69) is 15.6 Å². The van der Waals surface area contributed by atoms with Crippen molar-refractivity contribution in [1.82, 2.24) is 10.3 Å². The predicted molar refractivity (Wildman–Crippen MR) is 99.7 cm³/mol. The highest BCUT2D eigenvalue weighted by atomic mass is 32.1. The van der Waals surface area contributed by atoms with Crippen LogP contribution in [0.4, 0.5) is 5.69 Å². The molecule has 0 saturated carbocycles. The maximum Gasteiger partial charge on any atom is 0.251 e. The number of thiazole rings is 1. The van der Waals surface area contributed by atoms with Crippen molar-refractivity contribution >= 4 is 28.8 Å². The highest BCUT2D eigenvalue weighted by molar-refractivity contribution is 7.13. The fraction of sp³-hybridized carbons (Fsp3) is 0.105. The van der Waals surface area contributed by atoms with Gasteiger partial charge >= 0.3 is 0 Å². The van der Waals surface area contributed by atoms with Crippen LogP contribution in [0, 0.1) is 6.92 Å². The average Bonchev–Trinajstić information content (AvgIpc) is 3.07. The van der Waals surface area contributed by atoms with Crippen molar-refractivity contribution in [2.75, 3.05) is 11.9 Å². The number of hydrogen-bond donors (Lipinski definition) is 2. The van der Waals surface area contributed by atoms with Gasteiger partial charge < -0.3 is 10.6 Å². The molecule has 0 aliphatic carbocycles. The SMILES string of the molecule is Cc1csc(-c2cccc(C(=O)NCC(=O)Nc3ccccc3)c2)n1. The summed E-state index contributed by atoms with van der Waals surface area (Å²) in [7, 11) is 0. The van der Waals surface area contributed by atoms with Crippen LogP contribution in [0.2, 0.25) is 0 Å². The molecule has 0 aliphatic rings. The van der Waals surface area contributed by atoms with E-state index in [4.69, 9.17) is 0 Å². The third-order valence-corrected chi connectivity index (χ3v) is 4.47. The molecule has 126 valence electrons. The number of para-hydroxylation sites is 1. The number of hydrogen-bond acceptors (Lipinski definition) is 4. The zero-order valence-corrected chi connectivity index (χ0v) is 14.5. The zero-order valence-electron chi connectivity index (χ0n) is 13.7. The highest BCUT2D eigenvalue weighted by Crippen LogP contribution is 2.24. The molecule has 25 heavy (non-hydrogen) atoms. The van der Waals surface area contributed by atoms with Gasteiger partial charge in [0.15, 0.2) is 0 Å². The van der Waals surface area contributed by atoms with Gasteiger partial charge in [-0.15, -0.1) is 11.3 Å². The third-order valence-electron chi connectivity index (χ3n) is 3.46. The Labute approximate surface area is 149 Å². The van der Waals surface area contributed by atoms with Crippen molar-refractivity contribution in [3.63, 3.8) is 0 Å². The van der Waals surface area contributed by atoms with Gasteiger partial charge in [-0.3, -0.25) is 9.59 Å². The first-order valence-corrected chi connectivity index (χ1v) is 8.65. The second kappa shape index (κ2) is 7.72. The van der Waals surface area contributed by atoms with Gasteiger partial charge in [-0.2, -0.15) is 0 Å². The molecule has 1 aromatic heterocycles. The maximum atomic E-state index is 12.3. The Kier molecular flexibility index (Phi) is 5.20. The van der Waals surface area contributed by atoms with Crippen molar-refractivity contribution < 1.29 is 9.59 Å². The van der Waals surface area contributed by atoms with Crippen molar-refractivity contribution in [2.45, 2.75) is 6.92 Å². The zero-order chi connectivity index (χ0) is 17.6. The molecular weight excluding hydrogens is 334 g/mol. The first-order chi connectivity index (χ1) is 12.1. The number of nitrogens with zero attached hydrogens (tertiary/aromatic N) is 1. The second-order valence-electron chi connectivity index (χ2n) is 5.47. The van der Waals surface area contributed by atoms with E-state index >= 15 is 0 Å². The Balaban J connectivity index is 1.61. The van der Waals surface area contributed by atoms with E-state index in [1.807, 2.05) is 42.6 Å². The Morgan fingerprint density at radius 2 is 1.88 bits per heavy atom. The minimum atomic E-state index is -0.293. The van der Waals surface area contributed by atoms with E-state index in [1.165, 1.54) is 11.3 Å². The van der Waals surface area contributed by atoms with Gasteiger partial charge in [0.2, 0.25) is 5.91 Å². The average molecular weight is 351 g/mol. The molecule has 3 rings (SSSR count). The van der Waals surface area contributed by atoms with Gasteiger partial charge in [0.1, 0.15) is 5.01 Å². The summed E-state index contributed by atoms with van der Waals surface area (Å²) in [5.41, 5.74) is 3.03. The van der Waals surface area contributed by atoms with Crippen LogP contribution in [0.15, 0.2) is 60.0 Å². The fourth-order valence-electron chi connectivity index (χ4n) is 2.27. The van der Waals surface area contributed by atoms with Crippen LogP contribution in [-0.2, 0) is 4.79 Å². The number of amides is 2. The first-order valence-electron chi connectivity index (χ1n) is 7.77. The van der Waals surface area contributed by atoms with Gasteiger partial charge in [0.25, 0.3) is 5.91 Å². The molecule has 0 aliphatic heterocycles. The minimum Gasteiger partial charge on any atom is -0.343 e. The summed E-state index contributed by atoms with van der Waals surface area (Å²) in [5, 5.41) is 8.20. The minimum absolute atomic E-state index is 0.0890. The number of carbonyl (C=O) groups is 2. The van der Waals surface area contributed by atoms with Gasteiger partial charge in [-0.1, -0.05) is 30.3 Å². The lowest BCUT2D eigenvalue weighted by atomic mass is 10.1. The predicted octanol–water partition coefficient (Wildman–Crippen LogP) is 3.49. The Hall–Kier alpha value is -2.99. The molecule has 0 fully saturated rings. The van der Waals surface area contributed by atoms with E-state index < -0.39 is 0 Å². The summed E-state index contributed by atoms with van der Waals surface area (Å²) < 4.78 is 0. The van der Waals surface area contributed by atoms with Gasteiger partial charge in [-0.05, 0) is 31.2 Å². The number of rotatable bonds is 5. The van der Waals surface area contributed by atoms with E-state index in [9.17, 15) is 9.59 Å². The molecule has 0 bridgehead atoms. The number of nitrogens with one attached hydrogen (secondary N) is 2. The molecule has 0 radical (unpaired) electrons. The fourth-order valence-corrected chi connectivity index (χ4v) is 3.06. The van der Waals surface area contributed by atoms with E-state index in [-0.39, 0.29) is 18.4 Å². The Morgan fingerprint density at radius 3 is 2.60 bits per heavy atom. The molecular formula is C19H17N3O2S. The number of aromatic nitrogens is 1. The molecule has 2 aromatic carbocycles. The normalized spacial score (nSPS) is 10.3. The van der Waals surface area contributed by atoms with Gasteiger partial charge in [-0.25, -0.2) is 4.98 Å². The summed E-state index contributed by atoms with van der Waals surface area (Å²) in [6, 6.07) is 16.3. The number of aryl methyl sites for hydroxylation is 1. The number of anilines is 1. The molecule has 1 heterocycles. The summed E-state index contributed by atoms with van der Waals surface area (Å²) in [6.45, 7) is 1.84. The van der Waals surface area contributed by atoms with E-state index in [1.54, 1.807) is 24.3 Å². The standard InChI is InChI=1S/C19H17N3O2S/c1-13-12-25-19(21-13)15-7-5-6-14(10-15)18(24)20-11-17(23)22-16-8-3-2-4-9-16/h2-10,12H,11H2,1H3,(H,20,24)(H,22,23). The molecule has 5 nitrogen and oxygen atoms in total. The van der Waals surface area contributed by atoms with Crippen LogP contribution in [-0.4, -0.2) is 23.3 Å². The second-order valence-corrected chi connectivity index (χ2v) is 6.33. The number of carbonyl (C=O) groups excluding carboxylic acids is 2. The van der Waals surface area contributed by atoms with Crippen LogP contribution in [0.5, 0.6) is 0 Å². The monoisotopic (exact) mass is 351 g/mol. The summed E-state index contributed by atoms with van der Waals surface area (Å²) >= 11 is 1.54. The van der Waals surface area contributed by atoms with Crippen LogP contribution in [0.3, 0.4) is 0 Å². The van der Waals surface area contributed by atoms with Gasteiger partial charge in [0.05, 0.1) is 6.54 Å². The Bertz CT molecular complexity index is 890. The number of benzene rings is 2. The molecule has 0 saturated heterocycles. The van der Waals surface area contributed by atoms with E-state index in [0.29, 0.717) is 11.3 Å². The highest BCUT2D eigenvalue weighted by Gasteiger charge is 2.10. The molecule has 6 heteroatoms. The van der Waals surface area contributed by atoms with E-state index in [0.717, 1.165) is 16.3 Å².